The van der Waals surface area contributed by atoms with Crippen molar-refractivity contribution in [1.29, 1.82) is 0 Å². The van der Waals surface area contributed by atoms with Gasteiger partial charge in [0.05, 0.1) is 0 Å². The van der Waals surface area contributed by atoms with E-state index in [1.807, 2.05) is 54.6 Å². The van der Waals surface area contributed by atoms with E-state index in [1.165, 1.54) is 31.2 Å². The Morgan fingerprint density at radius 3 is 1.75 bits per heavy atom. The fraction of sp³-hybridized carbons (Fsp3) is 0.257. The summed E-state index contributed by atoms with van der Waals surface area (Å²) >= 11 is 0. The van der Waals surface area contributed by atoms with E-state index in [-0.39, 0.29) is 5.82 Å². The lowest BCUT2D eigenvalue weighted by Gasteiger charge is -2.06. The molecule has 0 amide bonds. The van der Waals surface area contributed by atoms with Crippen molar-refractivity contribution in [2.45, 2.75) is 58.8 Å². The van der Waals surface area contributed by atoms with Gasteiger partial charge in [0.15, 0.2) is 0 Å². The maximum Gasteiger partial charge on any atom is 0.134 e. The van der Waals surface area contributed by atoms with Crippen LogP contribution in [0.15, 0.2) is 78.9 Å². The molecule has 0 saturated carbocycles. The van der Waals surface area contributed by atoms with Gasteiger partial charge in [-0.1, -0.05) is 93.5 Å². The number of rotatable bonds is 7. The summed E-state index contributed by atoms with van der Waals surface area (Å²) in [6.45, 7) is 4.31. The summed E-state index contributed by atoms with van der Waals surface area (Å²) in [6.07, 6.45) is 7.99. The van der Waals surface area contributed by atoms with Crippen LogP contribution in [0.5, 0.6) is 0 Å². The molecule has 0 radical (unpaired) electrons. The van der Waals surface area contributed by atoms with Gasteiger partial charge < -0.3 is 0 Å². The van der Waals surface area contributed by atoms with E-state index in [0.717, 1.165) is 52.5 Å². The van der Waals surface area contributed by atoms with Gasteiger partial charge in [0.1, 0.15) is 5.82 Å². The van der Waals surface area contributed by atoms with Gasteiger partial charge in [-0.2, -0.15) is 0 Å². The minimum Gasteiger partial charge on any atom is -0.206 e. The molecule has 4 aromatic rings. The largest absolute Gasteiger partial charge is 0.206 e. The Bertz CT molecular complexity index is 1420. The zero-order valence-electron chi connectivity index (χ0n) is 21.3. The Balaban J connectivity index is 1.39. The normalized spacial score (nSPS) is 10.4. The predicted octanol–water partition coefficient (Wildman–Crippen LogP) is 8.85. The maximum atomic E-state index is 14.7. The first-order valence-corrected chi connectivity index (χ1v) is 13.1. The maximum absolute atomic E-state index is 14.7. The smallest absolute Gasteiger partial charge is 0.134 e. The number of fused-ring (bicyclic) bond motifs is 1. The molecule has 0 nitrogen and oxygen atoms in total. The van der Waals surface area contributed by atoms with Crippen LogP contribution < -0.4 is 0 Å². The Morgan fingerprint density at radius 2 is 1.14 bits per heavy atom. The van der Waals surface area contributed by atoms with Gasteiger partial charge >= 0.3 is 0 Å². The van der Waals surface area contributed by atoms with Crippen molar-refractivity contribution in [1.82, 2.24) is 0 Å². The molecular formula is C35H33F. The number of halogens is 1. The van der Waals surface area contributed by atoms with Crippen molar-refractivity contribution < 1.29 is 4.39 Å². The van der Waals surface area contributed by atoms with E-state index in [9.17, 15) is 4.39 Å². The van der Waals surface area contributed by atoms with E-state index in [4.69, 9.17) is 0 Å². The second-order valence-electron chi connectivity index (χ2n) is 9.31. The first-order chi connectivity index (χ1) is 17.7. The van der Waals surface area contributed by atoms with Crippen LogP contribution in [0.1, 0.15) is 79.3 Å². The molecule has 0 spiro atoms. The van der Waals surface area contributed by atoms with Gasteiger partial charge in [-0.05, 0) is 84.3 Å². The summed E-state index contributed by atoms with van der Waals surface area (Å²) in [5.41, 5.74) is 5.97. The molecule has 0 heterocycles. The van der Waals surface area contributed by atoms with Gasteiger partial charge in [0, 0.05) is 27.6 Å². The highest BCUT2D eigenvalue weighted by Crippen LogP contribution is 2.23. The van der Waals surface area contributed by atoms with Crippen molar-refractivity contribution in [3.8, 4) is 23.7 Å². The van der Waals surface area contributed by atoms with Gasteiger partial charge in [0.25, 0.3) is 0 Å². The van der Waals surface area contributed by atoms with Crippen LogP contribution in [-0.4, -0.2) is 0 Å². The van der Waals surface area contributed by atoms with Crippen LogP contribution in [0.25, 0.3) is 10.8 Å². The van der Waals surface area contributed by atoms with Crippen molar-refractivity contribution in [3.05, 3.63) is 118 Å². The fourth-order valence-electron chi connectivity index (χ4n) is 4.31. The monoisotopic (exact) mass is 472 g/mol. The molecule has 0 unspecified atom stereocenters. The van der Waals surface area contributed by atoms with Gasteiger partial charge in [0.2, 0.25) is 0 Å². The van der Waals surface area contributed by atoms with E-state index in [1.54, 1.807) is 0 Å². The zero-order chi connectivity index (χ0) is 25.2. The second kappa shape index (κ2) is 12.8. The summed E-state index contributed by atoms with van der Waals surface area (Å²) < 4.78 is 14.7. The fourth-order valence-corrected chi connectivity index (χ4v) is 4.31. The zero-order valence-corrected chi connectivity index (χ0v) is 21.3. The van der Waals surface area contributed by atoms with Crippen LogP contribution in [0.2, 0.25) is 0 Å². The lowest BCUT2D eigenvalue weighted by Crippen LogP contribution is -1.91. The van der Waals surface area contributed by atoms with Crippen molar-refractivity contribution >= 4 is 10.8 Å². The minimum absolute atomic E-state index is 0.107. The summed E-state index contributed by atoms with van der Waals surface area (Å²) in [6, 6.07) is 26.2. The molecule has 0 bridgehead atoms. The summed E-state index contributed by atoms with van der Waals surface area (Å²) in [4.78, 5) is 0. The predicted molar refractivity (Wildman–Crippen MR) is 151 cm³/mol. The van der Waals surface area contributed by atoms with Crippen LogP contribution >= 0.6 is 0 Å². The molecule has 4 aromatic carbocycles. The SMILES string of the molecule is CCCCCCc1ccc(C#Cc2ccc(C#Cc3ccc4c(F)c(CCC)ccc4c3)cc2)cc1. The van der Waals surface area contributed by atoms with Crippen molar-refractivity contribution in [2.75, 3.05) is 0 Å². The third-order valence-corrected chi connectivity index (χ3v) is 6.41. The molecule has 0 atom stereocenters. The second-order valence-corrected chi connectivity index (χ2v) is 9.31. The van der Waals surface area contributed by atoms with E-state index >= 15 is 0 Å². The molecule has 0 N–H and O–H groups in total. The summed E-state index contributed by atoms with van der Waals surface area (Å²) in [5, 5.41) is 1.55. The van der Waals surface area contributed by atoms with E-state index < -0.39 is 0 Å². The Labute approximate surface area is 215 Å². The standard InChI is InChI=1S/C35H33F/c1-3-5-6-7-9-27-10-12-28(13-11-27)14-15-29-16-18-30(19-17-29)20-21-31-22-25-34-33(26-31)24-23-32(8-4-2)35(34)36/h10-13,16-19,22-26H,3-9H2,1-2H3. The first kappa shape index (κ1) is 25.3. The number of benzene rings is 4. The van der Waals surface area contributed by atoms with E-state index in [2.05, 4.69) is 61.8 Å². The van der Waals surface area contributed by atoms with Gasteiger partial charge in [-0.3, -0.25) is 0 Å². The van der Waals surface area contributed by atoms with Crippen molar-refractivity contribution in [3.63, 3.8) is 0 Å². The highest BCUT2D eigenvalue weighted by molar-refractivity contribution is 5.85. The molecule has 0 aromatic heterocycles. The van der Waals surface area contributed by atoms with Crippen LogP contribution in [-0.2, 0) is 12.8 Å². The Hall–Kier alpha value is -3.81. The summed E-state index contributed by atoms with van der Waals surface area (Å²) in [5.74, 6) is 12.8. The minimum atomic E-state index is -0.107. The number of hydrogen-bond acceptors (Lipinski definition) is 0. The lowest BCUT2D eigenvalue weighted by atomic mass is 10.0. The average Bonchev–Trinajstić information content (AvgIpc) is 2.91. The topological polar surface area (TPSA) is 0 Å². The van der Waals surface area contributed by atoms with Crippen LogP contribution in [0, 0.1) is 29.5 Å². The Kier molecular flexibility index (Phi) is 8.97. The number of aryl methyl sites for hydroxylation is 2. The highest BCUT2D eigenvalue weighted by atomic mass is 19.1. The molecule has 0 aliphatic carbocycles. The summed E-state index contributed by atoms with van der Waals surface area (Å²) in [7, 11) is 0. The van der Waals surface area contributed by atoms with Gasteiger partial charge in [-0.15, -0.1) is 0 Å². The quantitative estimate of drug-likeness (QED) is 0.186. The van der Waals surface area contributed by atoms with Crippen LogP contribution in [0.4, 0.5) is 4.39 Å². The number of unbranched alkanes of at least 4 members (excludes halogenated alkanes) is 3. The lowest BCUT2D eigenvalue weighted by molar-refractivity contribution is 0.619. The first-order valence-electron chi connectivity index (χ1n) is 13.1. The Morgan fingerprint density at radius 1 is 0.556 bits per heavy atom. The molecule has 1 heteroatoms. The molecule has 0 aliphatic heterocycles. The van der Waals surface area contributed by atoms with Gasteiger partial charge in [-0.25, -0.2) is 4.39 Å². The van der Waals surface area contributed by atoms with Crippen molar-refractivity contribution in [2.24, 2.45) is 0 Å². The highest BCUT2D eigenvalue weighted by Gasteiger charge is 2.06. The average molecular weight is 473 g/mol. The molecule has 0 aliphatic rings. The molecular weight excluding hydrogens is 439 g/mol. The molecule has 0 fully saturated rings. The molecule has 180 valence electrons. The number of hydrogen-bond donors (Lipinski definition) is 0. The third kappa shape index (κ3) is 6.87. The van der Waals surface area contributed by atoms with Crippen LogP contribution in [0.3, 0.4) is 0 Å². The molecule has 4 rings (SSSR count). The molecule has 36 heavy (non-hydrogen) atoms. The molecule has 0 saturated heterocycles. The third-order valence-electron chi connectivity index (χ3n) is 6.41. The van der Waals surface area contributed by atoms with E-state index in [0.29, 0.717) is 5.39 Å².